The summed E-state index contributed by atoms with van der Waals surface area (Å²) in [5.41, 5.74) is -0.364. The third-order valence-corrected chi connectivity index (χ3v) is 3.00. The molecule has 2 rings (SSSR count). The number of nitrogens with zero attached hydrogens (tertiary/aromatic N) is 1. The molecule has 0 aliphatic heterocycles. The molecule has 0 unspecified atom stereocenters. The Labute approximate surface area is 81.4 Å². The third-order valence-electron chi connectivity index (χ3n) is 3.00. The number of allylic oxidation sites excluding steroid dienone is 2. The van der Waals surface area contributed by atoms with Gasteiger partial charge in [-0.05, 0) is 12.5 Å². The Morgan fingerprint density at radius 1 is 1.43 bits per heavy atom. The lowest BCUT2D eigenvalue weighted by Gasteiger charge is -2.34. The van der Waals surface area contributed by atoms with E-state index in [0.717, 1.165) is 6.42 Å². The number of carbonyl (C=O) groups is 1. The van der Waals surface area contributed by atoms with Gasteiger partial charge in [-0.25, -0.2) is 0 Å². The van der Waals surface area contributed by atoms with E-state index >= 15 is 0 Å². The first-order valence-corrected chi connectivity index (χ1v) is 4.71. The van der Waals surface area contributed by atoms with E-state index in [1.165, 1.54) is 6.08 Å². The average molecular weight is 193 g/mol. The number of carbonyl (C=O) groups excluding carboxylic acids is 1. The third kappa shape index (κ3) is 1.18. The molecule has 0 saturated heterocycles. The Morgan fingerprint density at radius 3 is 2.57 bits per heavy atom. The average Bonchev–Trinajstić information content (AvgIpc) is 2.00. The summed E-state index contributed by atoms with van der Waals surface area (Å²) in [4.78, 5) is 21.8. The monoisotopic (exact) mass is 193 g/mol. The van der Waals surface area contributed by atoms with Crippen LogP contribution in [0.4, 0.5) is 0 Å². The topological polar surface area (TPSA) is 60.2 Å². The first-order valence-electron chi connectivity index (χ1n) is 4.71. The number of nitro groups is 1. The second kappa shape index (κ2) is 3.04. The van der Waals surface area contributed by atoms with E-state index in [0.29, 0.717) is 24.8 Å². The lowest BCUT2D eigenvalue weighted by atomic mass is 9.70. The highest BCUT2D eigenvalue weighted by atomic mass is 16.6. The molecule has 0 N–H and O–H groups in total. The molecule has 2 aliphatic carbocycles. The fraction of sp³-hybridized carbons (Fsp3) is 0.500. The summed E-state index contributed by atoms with van der Waals surface area (Å²) in [7, 11) is 0. The zero-order valence-electron chi connectivity index (χ0n) is 7.73. The van der Waals surface area contributed by atoms with Crippen LogP contribution in [-0.2, 0) is 4.79 Å². The molecule has 14 heavy (non-hydrogen) atoms. The van der Waals surface area contributed by atoms with Crippen molar-refractivity contribution in [2.24, 2.45) is 0 Å². The van der Waals surface area contributed by atoms with Crippen molar-refractivity contribution >= 4 is 5.78 Å². The van der Waals surface area contributed by atoms with Gasteiger partial charge < -0.3 is 0 Å². The van der Waals surface area contributed by atoms with E-state index < -0.39 is 5.54 Å². The Kier molecular flexibility index (Phi) is 1.98. The Hall–Kier alpha value is -1.45. The van der Waals surface area contributed by atoms with Gasteiger partial charge in [0.25, 0.3) is 0 Å². The van der Waals surface area contributed by atoms with Gasteiger partial charge in [0, 0.05) is 29.8 Å². The van der Waals surface area contributed by atoms with Crippen LogP contribution in [0.25, 0.3) is 0 Å². The standard InChI is InChI=1S/C10H11NO3/c12-9-4-1-3-8(7-9)10(11(13)14)5-2-6-10/h1,3,7H,2,4-6H2. The molecule has 0 atom stereocenters. The fourth-order valence-electron chi connectivity index (χ4n) is 1.96. The Bertz CT molecular complexity index is 350. The molecule has 0 radical (unpaired) electrons. The van der Waals surface area contributed by atoms with Gasteiger partial charge in [0.1, 0.15) is 0 Å². The molecule has 0 spiro atoms. The normalized spacial score (nSPS) is 24.0. The summed E-state index contributed by atoms with van der Waals surface area (Å²) in [6.45, 7) is 0. The summed E-state index contributed by atoms with van der Waals surface area (Å²) in [5.74, 6) is -0.0318. The molecule has 2 aliphatic rings. The molecule has 4 nitrogen and oxygen atoms in total. The number of hydrogen-bond acceptors (Lipinski definition) is 3. The van der Waals surface area contributed by atoms with Crippen LogP contribution in [0.5, 0.6) is 0 Å². The van der Waals surface area contributed by atoms with Crippen LogP contribution < -0.4 is 0 Å². The van der Waals surface area contributed by atoms with Gasteiger partial charge in [-0.15, -0.1) is 0 Å². The highest BCUT2D eigenvalue weighted by Crippen LogP contribution is 2.42. The molecular weight excluding hydrogens is 182 g/mol. The number of hydrogen-bond donors (Lipinski definition) is 0. The van der Waals surface area contributed by atoms with Gasteiger partial charge in [-0.1, -0.05) is 12.2 Å². The van der Waals surface area contributed by atoms with E-state index in [-0.39, 0.29) is 10.7 Å². The maximum Gasteiger partial charge on any atom is 0.247 e. The molecule has 1 saturated carbocycles. The van der Waals surface area contributed by atoms with Crippen LogP contribution in [0.15, 0.2) is 23.8 Å². The summed E-state index contributed by atoms with van der Waals surface area (Å²) >= 11 is 0. The lowest BCUT2D eigenvalue weighted by Crippen LogP contribution is -2.46. The summed E-state index contributed by atoms with van der Waals surface area (Å²) in [6, 6.07) is 0. The summed E-state index contributed by atoms with van der Waals surface area (Å²) in [6.07, 6.45) is 7.23. The maximum atomic E-state index is 11.1. The van der Waals surface area contributed by atoms with Gasteiger partial charge in [-0.2, -0.15) is 0 Å². The van der Waals surface area contributed by atoms with Gasteiger partial charge in [0.15, 0.2) is 5.78 Å². The van der Waals surface area contributed by atoms with Crippen LogP contribution >= 0.6 is 0 Å². The quantitative estimate of drug-likeness (QED) is 0.494. The van der Waals surface area contributed by atoms with Gasteiger partial charge in [0.2, 0.25) is 5.54 Å². The molecule has 0 bridgehead atoms. The molecule has 0 aromatic rings. The minimum absolute atomic E-state index is 0.0318. The highest BCUT2D eigenvalue weighted by Gasteiger charge is 2.51. The van der Waals surface area contributed by atoms with Crippen molar-refractivity contribution < 1.29 is 9.72 Å². The van der Waals surface area contributed by atoms with Crippen molar-refractivity contribution in [1.29, 1.82) is 0 Å². The molecule has 0 aromatic carbocycles. The molecule has 0 heterocycles. The Balaban J connectivity index is 2.33. The summed E-state index contributed by atoms with van der Waals surface area (Å²) in [5, 5.41) is 10.9. The first kappa shape index (κ1) is 9.12. The van der Waals surface area contributed by atoms with Crippen LogP contribution in [0, 0.1) is 10.1 Å². The SMILES string of the molecule is O=C1C=C(C2([N+](=O)[O-])CCC2)C=CC1. The molecule has 1 fully saturated rings. The van der Waals surface area contributed by atoms with Crippen molar-refractivity contribution in [2.45, 2.75) is 31.2 Å². The van der Waals surface area contributed by atoms with E-state index in [4.69, 9.17) is 0 Å². The number of ketones is 1. The predicted octanol–water partition coefficient (Wildman–Crippen LogP) is 1.64. The van der Waals surface area contributed by atoms with Crippen LogP contribution in [-0.4, -0.2) is 16.2 Å². The molecule has 74 valence electrons. The molecule has 0 aromatic heterocycles. The van der Waals surface area contributed by atoms with Gasteiger partial charge in [0.05, 0.1) is 0 Å². The van der Waals surface area contributed by atoms with Crippen LogP contribution in [0.3, 0.4) is 0 Å². The fourth-order valence-corrected chi connectivity index (χ4v) is 1.96. The van der Waals surface area contributed by atoms with E-state index in [2.05, 4.69) is 0 Å². The smallest absolute Gasteiger partial charge is 0.247 e. The van der Waals surface area contributed by atoms with Crippen molar-refractivity contribution in [3.05, 3.63) is 33.9 Å². The molecule has 4 heteroatoms. The minimum Gasteiger partial charge on any atom is -0.294 e. The second-order valence-corrected chi connectivity index (χ2v) is 3.81. The van der Waals surface area contributed by atoms with Crippen LogP contribution in [0.2, 0.25) is 0 Å². The van der Waals surface area contributed by atoms with E-state index in [1.54, 1.807) is 12.2 Å². The first-order chi connectivity index (χ1) is 6.65. The Morgan fingerprint density at radius 2 is 2.14 bits per heavy atom. The molecular formula is C10H11NO3. The maximum absolute atomic E-state index is 11.1. The van der Waals surface area contributed by atoms with Crippen molar-refractivity contribution in [3.8, 4) is 0 Å². The zero-order valence-corrected chi connectivity index (χ0v) is 7.73. The molecule has 0 amide bonds. The van der Waals surface area contributed by atoms with Crippen molar-refractivity contribution in [1.82, 2.24) is 0 Å². The van der Waals surface area contributed by atoms with Gasteiger partial charge in [-0.3, -0.25) is 14.9 Å². The largest absolute Gasteiger partial charge is 0.294 e. The van der Waals surface area contributed by atoms with E-state index in [1.807, 2.05) is 0 Å². The number of rotatable bonds is 2. The lowest BCUT2D eigenvalue weighted by molar-refractivity contribution is -0.572. The second-order valence-electron chi connectivity index (χ2n) is 3.81. The minimum atomic E-state index is -0.952. The van der Waals surface area contributed by atoms with Crippen molar-refractivity contribution in [3.63, 3.8) is 0 Å². The van der Waals surface area contributed by atoms with Crippen molar-refractivity contribution in [2.75, 3.05) is 0 Å². The zero-order chi connectivity index (χ0) is 10.2. The van der Waals surface area contributed by atoms with E-state index in [9.17, 15) is 14.9 Å². The predicted molar refractivity (Wildman–Crippen MR) is 50.4 cm³/mol. The summed E-state index contributed by atoms with van der Waals surface area (Å²) < 4.78 is 0. The van der Waals surface area contributed by atoms with Crippen LogP contribution in [0.1, 0.15) is 25.7 Å². The van der Waals surface area contributed by atoms with Gasteiger partial charge >= 0.3 is 0 Å². The highest BCUT2D eigenvalue weighted by molar-refractivity contribution is 5.93.